The third-order valence-electron chi connectivity index (χ3n) is 6.09. The van der Waals surface area contributed by atoms with Crippen molar-refractivity contribution in [2.24, 2.45) is 0 Å². The van der Waals surface area contributed by atoms with Crippen LogP contribution < -0.4 is 31.8 Å². The summed E-state index contributed by atoms with van der Waals surface area (Å²) in [6.07, 6.45) is 0. The molecule has 6 aromatic rings. The second-order valence-electron chi connectivity index (χ2n) is 8.73. The minimum absolute atomic E-state index is 0.346. The van der Waals surface area contributed by atoms with Gasteiger partial charge in [0.15, 0.2) is 0 Å². The average molecular weight is 725 g/mol. The Morgan fingerprint density at radius 3 is 0.558 bits per heavy atom. The molecule has 0 spiro atoms. The van der Waals surface area contributed by atoms with Crippen LogP contribution in [0.2, 0.25) is 0 Å². The Bertz CT molecular complexity index is 1250. The van der Waals surface area contributed by atoms with Crippen molar-refractivity contribution in [1.82, 2.24) is 0 Å². The van der Waals surface area contributed by atoms with Crippen LogP contribution in [0.4, 0.5) is 0 Å². The van der Waals surface area contributed by atoms with E-state index in [1.807, 2.05) is 0 Å². The molecule has 0 saturated heterocycles. The Morgan fingerprint density at radius 1 is 0.326 bits per heavy atom. The zero-order chi connectivity index (χ0) is 30.5. The van der Waals surface area contributed by atoms with E-state index >= 15 is 0 Å². The van der Waals surface area contributed by atoms with Gasteiger partial charge in [-0.05, 0) is 47.7 Å². The van der Waals surface area contributed by atoms with Gasteiger partial charge < -0.3 is 0 Å². The molecule has 0 aliphatic heterocycles. The summed E-state index contributed by atoms with van der Waals surface area (Å²) in [5.74, 6) is 0. The molecule has 6 heteroatoms. The monoisotopic (exact) mass is 724 g/mol. The second-order valence-corrected chi connectivity index (χ2v) is 15.8. The van der Waals surface area contributed by atoms with E-state index in [4.69, 9.17) is 24.0 Å². The SMILES string of the molecule is [C-]#[O+].[Cl][Ru][Cl].c1ccc(P(c2ccccc2)c2ccccc2)cc1.c1ccc(P(c2ccccc2)c2ccccc2)cc1. The zero-order valence-corrected chi connectivity index (χ0v) is 28.3. The van der Waals surface area contributed by atoms with Crippen molar-refractivity contribution in [3.63, 3.8) is 0 Å². The molecule has 6 rings (SSSR count). The van der Waals surface area contributed by atoms with E-state index in [1.54, 1.807) is 0 Å². The molecular weight excluding hydrogens is 694 g/mol. The molecule has 1 nitrogen and oxygen atoms in total. The summed E-state index contributed by atoms with van der Waals surface area (Å²) < 4.78 is 7.50. The number of halogens is 2. The van der Waals surface area contributed by atoms with Gasteiger partial charge >= 0.3 is 45.8 Å². The van der Waals surface area contributed by atoms with E-state index in [0.29, 0.717) is 0 Å². The normalized spacial score (nSPS) is 9.91. The van der Waals surface area contributed by atoms with E-state index < -0.39 is 15.8 Å². The summed E-state index contributed by atoms with van der Waals surface area (Å²) in [5.41, 5.74) is 0. The summed E-state index contributed by atoms with van der Waals surface area (Å²) in [4.78, 5) is 0. The molecule has 0 fully saturated rings. The van der Waals surface area contributed by atoms with Crippen molar-refractivity contribution < 1.29 is 19.8 Å². The van der Waals surface area contributed by atoms with Gasteiger partial charge in [-0.1, -0.05) is 182 Å². The maximum absolute atomic E-state index is 7.50. The molecule has 0 bridgehead atoms. The molecule has 43 heavy (non-hydrogen) atoms. The van der Waals surface area contributed by atoms with Crippen LogP contribution in [0.15, 0.2) is 182 Å². The molecular formula is C37H30Cl2OP2Ru. The molecule has 216 valence electrons. The summed E-state index contributed by atoms with van der Waals surface area (Å²) in [6, 6.07) is 64.7. The van der Waals surface area contributed by atoms with Gasteiger partial charge in [-0.2, -0.15) is 0 Å². The van der Waals surface area contributed by atoms with Crippen LogP contribution >= 0.6 is 35.2 Å². The number of rotatable bonds is 6. The molecule has 0 N–H and O–H groups in total. The van der Waals surface area contributed by atoms with Crippen molar-refractivity contribution >= 4 is 67.1 Å². The van der Waals surface area contributed by atoms with Gasteiger partial charge in [0.2, 0.25) is 0 Å². The molecule has 0 saturated carbocycles. The quantitative estimate of drug-likeness (QED) is 0.0715. The summed E-state index contributed by atoms with van der Waals surface area (Å²) >= 11 is -0.346. The molecule has 0 aliphatic carbocycles. The van der Waals surface area contributed by atoms with E-state index in [1.165, 1.54) is 31.8 Å². The first kappa shape index (κ1) is 34.6. The average Bonchev–Trinajstić information content (AvgIpc) is 3.10. The number of hydrogen-bond acceptors (Lipinski definition) is 0. The van der Waals surface area contributed by atoms with Crippen molar-refractivity contribution in [1.29, 1.82) is 0 Å². The van der Waals surface area contributed by atoms with Crippen LogP contribution in [0.25, 0.3) is 0 Å². The Labute approximate surface area is 273 Å². The fraction of sp³-hybridized carbons (Fsp3) is 0. The summed E-state index contributed by atoms with van der Waals surface area (Å²) in [7, 11) is 8.82. The molecule has 0 aromatic heterocycles. The Kier molecular flexibility index (Phi) is 16.8. The van der Waals surface area contributed by atoms with Crippen LogP contribution in [0, 0.1) is 6.65 Å². The first-order valence-corrected chi connectivity index (χ1v) is 20.4. The first-order valence-electron chi connectivity index (χ1n) is 13.3. The Balaban J connectivity index is 0.000000205. The van der Waals surface area contributed by atoms with Gasteiger partial charge in [0.1, 0.15) is 0 Å². The Hall–Kier alpha value is -2.88. The predicted octanol–water partition coefficient (Wildman–Crippen LogP) is 8.23. The van der Waals surface area contributed by atoms with Gasteiger partial charge in [-0.25, -0.2) is 0 Å². The molecule has 0 amide bonds. The van der Waals surface area contributed by atoms with Crippen molar-refractivity contribution in [2.45, 2.75) is 0 Å². The molecule has 0 radical (unpaired) electrons. The third kappa shape index (κ3) is 11.3. The zero-order valence-electron chi connectivity index (χ0n) is 23.2. The number of hydrogen-bond donors (Lipinski definition) is 0. The van der Waals surface area contributed by atoms with Gasteiger partial charge in [0.25, 0.3) is 0 Å². The van der Waals surface area contributed by atoms with Gasteiger partial charge in [0, 0.05) is 0 Å². The van der Waals surface area contributed by atoms with Crippen LogP contribution in [-0.4, -0.2) is 0 Å². The fourth-order valence-corrected chi connectivity index (χ4v) is 8.97. The third-order valence-corrected chi connectivity index (χ3v) is 11.0. The van der Waals surface area contributed by atoms with E-state index in [9.17, 15) is 0 Å². The predicted molar refractivity (Wildman–Crippen MR) is 186 cm³/mol. The Morgan fingerprint density at radius 2 is 0.442 bits per heavy atom. The van der Waals surface area contributed by atoms with Crippen LogP contribution in [-0.2, 0) is 19.8 Å². The standard InChI is InChI=1S/2C18H15P.CO.2ClH.Ru/c2*1-4-10-16(11-5-1)19(17-12-6-2-7-13-17)18-14-8-3-9-15-18;1-2;;;/h2*1-15H;;2*1H;/q;;;;;+2/p-2. The van der Waals surface area contributed by atoms with Gasteiger partial charge in [0.05, 0.1) is 0 Å². The smallest absolute Gasteiger partial charge is 0.0134 e. The van der Waals surface area contributed by atoms with Gasteiger partial charge in [-0.15, -0.1) is 0 Å². The van der Waals surface area contributed by atoms with Crippen molar-refractivity contribution in [2.75, 3.05) is 0 Å². The molecule has 0 aliphatic rings. The molecule has 6 aromatic carbocycles. The maximum Gasteiger partial charge on any atom is -0.0134 e. The van der Waals surface area contributed by atoms with Crippen molar-refractivity contribution in [3.8, 4) is 0 Å². The van der Waals surface area contributed by atoms with Crippen LogP contribution in [0.3, 0.4) is 0 Å². The van der Waals surface area contributed by atoms with Gasteiger partial charge in [-0.3, -0.25) is 0 Å². The maximum atomic E-state index is 7.50. The van der Waals surface area contributed by atoms with Crippen LogP contribution in [0.1, 0.15) is 0 Å². The summed E-state index contributed by atoms with van der Waals surface area (Å²) in [5, 5.41) is 8.39. The largest absolute Gasteiger partial charge is 0.0622 e. The number of benzene rings is 6. The topological polar surface area (TPSA) is 19.9 Å². The molecule has 0 heterocycles. The minimum atomic E-state index is -0.446. The summed E-state index contributed by atoms with van der Waals surface area (Å²) in [6.45, 7) is 4.50. The minimum Gasteiger partial charge on any atom is -0.0622 e. The van der Waals surface area contributed by atoms with E-state index in [0.717, 1.165) is 0 Å². The second kappa shape index (κ2) is 20.9. The molecule has 0 atom stereocenters. The van der Waals surface area contributed by atoms with E-state index in [-0.39, 0.29) is 15.1 Å². The van der Waals surface area contributed by atoms with Crippen molar-refractivity contribution in [3.05, 3.63) is 189 Å². The van der Waals surface area contributed by atoms with Crippen LogP contribution in [0.5, 0.6) is 0 Å². The first-order chi connectivity index (χ1) is 21.3. The molecule has 0 unspecified atom stereocenters. The van der Waals surface area contributed by atoms with E-state index in [2.05, 4.69) is 189 Å². The fourth-order valence-electron chi connectivity index (χ4n) is 4.36.